The fraction of sp³-hybridized carbons (Fsp3) is 0.222. The molecule has 0 fully saturated rings. The third-order valence-electron chi connectivity index (χ3n) is 3.77. The van der Waals surface area contributed by atoms with Gasteiger partial charge >= 0.3 is 6.61 Å². The smallest absolute Gasteiger partial charge is 0.387 e. The van der Waals surface area contributed by atoms with Crippen molar-refractivity contribution >= 4 is 17.3 Å². The van der Waals surface area contributed by atoms with Gasteiger partial charge in [-0.2, -0.15) is 8.78 Å². The number of hydrogen-bond acceptors (Lipinski definition) is 5. The number of anilines is 1. The van der Waals surface area contributed by atoms with Gasteiger partial charge in [-0.25, -0.2) is 4.39 Å². The Kier molecular flexibility index (Phi) is 5.49. The molecule has 0 unspecified atom stereocenters. The number of hydrogen-bond donors (Lipinski definition) is 1. The molecule has 9 heteroatoms. The predicted molar refractivity (Wildman–Crippen MR) is 90.7 cm³/mol. The van der Waals surface area contributed by atoms with E-state index in [2.05, 4.69) is 15.2 Å². The molecule has 1 atom stereocenters. The van der Waals surface area contributed by atoms with E-state index in [4.69, 9.17) is 9.57 Å². The van der Waals surface area contributed by atoms with E-state index in [1.54, 1.807) is 6.07 Å². The minimum Gasteiger partial charge on any atom is -0.493 e. The number of nitrogens with zero attached hydrogens (tertiary/aromatic N) is 1. The highest BCUT2D eigenvalue weighted by atomic mass is 19.3. The van der Waals surface area contributed by atoms with Gasteiger partial charge in [0.05, 0.1) is 12.8 Å². The average molecular weight is 380 g/mol. The quantitative estimate of drug-likeness (QED) is 0.832. The molecule has 0 radical (unpaired) electrons. The lowest BCUT2D eigenvalue weighted by molar-refractivity contribution is -0.125. The SMILES string of the molecule is COc1ccc(NC(=O)[C@H]2CC(c3cccc(F)c3)=NO2)cc1OC(F)F. The van der Waals surface area contributed by atoms with Gasteiger partial charge in [-0.05, 0) is 24.3 Å². The Bertz CT molecular complexity index is 873. The summed E-state index contributed by atoms with van der Waals surface area (Å²) in [5.41, 5.74) is 1.17. The maximum atomic E-state index is 13.3. The number of carbonyl (C=O) groups is 1. The highest BCUT2D eigenvalue weighted by Crippen LogP contribution is 2.31. The third kappa shape index (κ3) is 4.49. The lowest BCUT2D eigenvalue weighted by atomic mass is 10.0. The summed E-state index contributed by atoms with van der Waals surface area (Å²) < 4.78 is 47.6. The average Bonchev–Trinajstić information content (AvgIpc) is 3.12. The number of ether oxygens (including phenoxy) is 2. The number of alkyl halides is 2. The van der Waals surface area contributed by atoms with Crippen LogP contribution in [-0.4, -0.2) is 31.4 Å². The van der Waals surface area contributed by atoms with Crippen LogP contribution in [0.4, 0.5) is 18.9 Å². The van der Waals surface area contributed by atoms with Gasteiger partial charge in [0.2, 0.25) is 6.10 Å². The van der Waals surface area contributed by atoms with Crippen molar-refractivity contribution in [3.05, 3.63) is 53.8 Å². The van der Waals surface area contributed by atoms with E-state index in [0.717, 1.165) is 0 Å². The van der Waals surface area contributed by atoms with Crippen LogP contribution in [0.5, 0.6) is 11.5 Å². The Balaban J connectivity index is 1.66. The summed E-state index contributed by atoms with van der Waals surface area (Å²) in [6, 6.07) is 9.85. The second-order valence-corrected chi connectivity index (χ2v) is 5.58. The molecule has 0 saturated heterocycles. The Morgan fingerprint density at radius 3 is 2.78 bits per heavy atom. The van der Waals surface area contributed by atoms with Crippen molar-refractivity contribution in [3.8, 4) is 11.5 Å². The maximum Gasteiger partial charge on any atom is 0.387 e. The number of benzene rings is 2. The Morgan fingerprint density at radius 2 is 2.07 bits per heavy atom. The molecule has 3 rings (SSSR count). The second-order valence-electron chi connectivity index (χ2n) is 5.58. The molecule has 2 aromatic carbocycles. The predicted octanol–water partition coefficient (Wildman–Crippen LogP) is 3.57. The molecule has 0 saturated carbocycles. The van der Waals surface area contributed by atoms with E-state index in [1.165, 1.54) is 43.5 Å². The van der Waals surface area contributed by atoms with E-state index in [0.29, 0.717) is 11.3 Å². The first kappa shape index (κ1) is 18.6. The minimum atomic E-state index is -3.04. The number of methoxy groups -OCH3 is 1. The Hall–Kier alpha value is -3.23. The molecule has 0 aliphatic carbocycles. The molecule has 142 valence electrons. The van der Waals surface area contributed by atoms with Crippen LogP contribution in [0.3, 0.4) is 0 Å². The number of halogens is 3. The lowest BCUT2D eigenvalue weighted by Crippen LogP contribution is -2.28. The molecule has 1 aliphatic heterocycles. The van der Waals surface area contributed by atoms with E-state index < -0.39 is 24.4 Å². The normalized spacial score (nSPS) is 15.9. The summed E-state index contributed by atoms with van der Waals surface area (Å²) in [6.45, 7) is -3.04. The van der Waals surface area contributed by atoms with Crippen LogP contribution in [0.2, 0.25) is 0 Å². The summed E-state index contributed by atoms with van der Waals surface area (Å²) in [5.74, 6) is -1.07. The first-order valence-electron chi connectivity index (χ1n) is 7.88. The van der Waals surface area contributed by atoms with E-state index in [9.17, 15) is 18.0 Å². The molecule has 0 spiro atoms. The van der Waals surface area contributed by atoms with Gasteiger partial charge in [-0.15, -0.1) is 0 Å². The highest BCUT2D eigenvalue weighted by Gasteiger charge is 2.29. The van der Waals surface area contributed by atoms with Gasteiger partial charge in [-0.3, -0.25) is 4.79 Å². The van der Waals surface area contributed by atoms with Crippen molar-refractivity contribution in [2.75, 3.05) is 12.4 Å². The maximum absolute atomic E-state index is 13.3. The van der Waals surface area contributed by atoms with E-state index >= 15 is 0 Å². The molecular weight excluding hydrogens is 365 g/mol. The van der Waals surface area contributed by atoms with E-state index in [1.807, 2.05) is 0 Å². The summed E-state index contributed by atoms with van der Waals surface area (Å²) in [5, 5.41) is 6.36. The number of rotatable bonds is 6. The van der Waals surface area contributed by atoms with Crippen LogP contribution in [0, 0.1) is 5.82 Å². The van der Waals surface area contributed by atoms with Crippen LogP contribution in [0.25, 0.3) is 0 Å². The molecule has 1 amide bonds. The van der Waals surface area contributed by atoms with Crippen LogP contribution in [0.15, 0.2) is 47.6 Å². The summed E-state index contributed by atoms with van der Waals surface area (Å²) in [6.07, 6.45) is -0.781. The molecular formula is C18H15F3N2O4. The fourth-order valence-electron chi connectivity index (χ4n) is 2.52. The lowest BCUT2D eigenvalue weighted by Gasteiger charge is -2.13. The molecule has 6 nitrogen and oxygen atoms in total. The number of amides is 1. The van der Waals surface area contributed by atoms with Crippen molar-refractivity contribution in [2.45, 2.75) is 19.1 Å². The monoisotopic (exact) mass is 380 g/mol. The van der Waals surface area contributed by atoms with Crippen LogP contribution >= 0.6 is 0 Å². The zero-order valence-electron chi connectivity index (χ0n) is 14.1. The number of nitrogens with one attached hydrogen (secondary N) is 1. The van der Waals surface area contributed by atoms with Gasteiger partial charge in [0.25, 0.3) is 5.91 Å². The van der Waals surface area contributed by atoms with Crippen molar-refractivity contribution in [2.24, 2.45) is 5.16 Å². The van der Waals surface area contributed by atoms with Crippen LogP contribution < -0.4 is 14.8 Å². The highest BCUT2D eigenvalue weighted by molar-refractivity contribution is 6.06. The van der Waals surface area contributed by atoms with Crippen LogP contribution in [-0.2, 0) is 9.63 Å². The van der Waals surface area contributed by atoms with Gasteiger partial charge in [0.1, 0.15) is 5.82 Å². The molecule has 1 heterocycles. The molecule has 1 aliphatic rings. The largest absolute Gasteiger partial charge is 0.493 e. The van der Waals surface area contributed by atoms with Gasteiger partial charge < -0.3 is 19.6 Å². The molecule has 1 N–H and O–H groups in total. The first-order chi connectivity index (χ1) is 13.0. The summed E-state index contributed by atoms with van der Waals surface area (Å²) in [4.78, 5) is 17.5. The zero-order valence-corrected chi connectivity index (χ0v) is 14.1. The number of oxime groups is 1. The third-order valence-corrected chi connectivity index (χ3v) is 3.77. The Labute approximate surface area is 152 Å². The Morgan fingerprint density at radius 1 is 1.26 bits per heavy atom. The minimum absolute atomic E-state index is 0.0992. The summed E-state index contributed by atoms with van der Waals surface area (Å²) >= 11 is 0. The van der Waals surface area contributed by atoms with Crippen molar-refractivity contribution in [1.82, 2.24) is 0 Å². The second kappa shape index (κ2) is 7.98. The molecule has 2 aromatic rings. The van der Waals surface area contributed by atoms with Gasteiger partial charge in [0.15, 0.2) is 11.5 Å². The van der Waals surface area contributed by atoms with Gasteiger partial charge in [0, 0.05) is 23.7 Å². The van der Waals surface area contributed by atoms with Crippen molar-refractivity contribution in [1.29, 1.82) is 0 Å². The molecule has 0 aromatic heterocycles. The van der Waals surface area contributed by atoms with Crippen molar-refractivity contribution in [3.63, 3.8) is 0 Å². The van der Waals surface area contributed by atoms with Gasteiger partial charge in [-0.1, -0.05) is 17.3 Å². The fourth-order valence-corrected chi connectivity index (χ4v) is 2.52. The first-order valence-corrected chi connectivity index (χ1v) is 7.88. The van der Waals surface area contributed by atoms with E-state index in [-0.39, 0.29) is 23.6 Å². The van der Waals surface area contributed by atoms with Crippen molar-refractivity contribution < 1.29 is 32.3 Å². The summed E-state index contributed by atoms with van der Waals surface area (Å²) in [7, 11) is 1.31. The topological polar surface area (TPSA) is 69.2 Å². The molecule has 27 heavy (non-hydrogen) atoms. The van der Waals surface area contributed by atoms with Crippen LogP contribution in [0.1, 0.15) is 12.0 Å². The standard InChI is InChI=1S/C18H15F3N2O4/c1-25-14-6-5-12(8-15(14)26-18(20)21)22-17(24)16-9-13(23-27-16)10-3-2-4-11(19)7-10/h2-8,16,18H,9H2,1H3,(H,22,24)/t16-/m1/s1. The zero-order chi connectivity index (χ0) is 19.4. The number of carbonyl (C=O) groups excluding carboxylic acids is 1. The molecule has 0 bridgehead atoms.